The molecule has 2 aliphatic rings. The van der Waals surface area contributed by atoms with Crippen molar-refractivity contribution < 1.29 is 0 Å². The number of piperazine rings is 1. The number of anilines is 1. The highest BCUT2D eigenvalue weighted by atomic mass is 15.3. The lowest BCUT2D eigenvalue weighted by Gasteiger charge is -2.35. The molecule has 1 aromatic carbocycles. The van der Waals surface area contributed by atoms with Gasteiger partial charge in [-0.25, -0.2) is 9.97 Å². The third-order valence-electron chi connectivity index (χ3n) is 5.64. The van der Waals surface area contributed by atoms with Crippen LogP contribution < -0.4 is 10.2 Å². The maximum Gasteiger partial charge on any atom is 0.150 e. The van der Waals surface area contributed by atoms with Gasteiger partial charge < -0.3 is 14.8 Å². The average Bonchev–Trinajstić information content (AvgIpc) is 3.48. The van der Waals surface area contributed by atoms with Gasteiger partial charge in [0, 0.05) is 37.6 Å². The van der Waals surface area contributed by atoms with Gasteiger partial charge in [-0.05, 0) is 49.4 Å². The Morgan fingerprint density at radius 3 is 2.93 bits per heavy atom. The molecule has 1 aliphatic carbocycles. The second kappa shape index (κ2) is 6.36. The zero-order valence-electron chi connectivity index (χ0n) is 15.4. The number of nitrogens with zero attached hydrogens (tertiary/aromatic N) is 5. The van der Waals surface area contributed by atoms with Crippen LogP contribution in [-0.4, -0.2) is 40.2 Å². The molecule has 1 saturated carbocycles. The van der Waals surface area contributed by atoms with E-state index in [-0.39, 0.29) is 0 Å². The summed E-state index contributed by atoms with van der Waals surface area (Å²) in [7, 11) is 0. The Labute approximate surface area is 158 Å². The highest BCUT2D eigenvalue weighted by Gasteiger charge is 2.32. The van der Waals surface area contributed by atoms with Crippen LogP contribution in [-0.2, 0) is 0 Å². The van der Waals surface area contributed by atoms with Crippen LogP contribution in [0.25, 0.3) is 16.7 Å². The molecule has 6 heteroatoms. The highest BCUT2D eigenvalue weighted by Crippen LogP contribution is 2.46. The molecule has 1 aliphatic heterocycles. The maximum absolute atomic E-state index is 9.27. The summed E-state index contributed by atoms with van der Waals surface area (Å²) >= 11 is 0. The van der Waals surface area contributed by atoms with Gasteiger partial charge in [-0.15, -0.1) is 0 Å². The normalized spacial score (nSPS) is 20.0. The van der Waals surface area contributed by atoms with Crippen molar-refractivity contribution in [2.24, 2.45) is 0 Å². The molecule has 2 fully saturated rings. The number of hydrogen-bond donors (Lipinski definition) is 1. The fourth-order valence-corrected chi connectivity index (χ4v) is 4.07. The summed E-state index contributed by atoms with van der Waals surface area (Å²) < 4.78 is 2.13. The van der Waals surface area contributed by atoms with Crippen LogP contribution in [0.1, 0.15) is 36.8 Å². The Bertz CT molecular complexity index is 1040. The number of nitrogens with one attached hydrogen (secondary N) is 1. The number of benzene rings is 1. The van der Waals surface area contributed by atoms with Gasteiger partial charge in [0.1, 0.15) is 17.8 Å². The minimum Gasteiger partial charge on any atom is -0.351 e. The van der Waals surface area contributed by atoms with Gasteiger partial charge in [0.15, 0.2) is 0 Å². The van der Waals surface area contributed by atoms with Crippen molar-refractivity contribution in [3.63, 3.8) is 0 Å². The largest absolute Gasteiger partial charge is 0.351 e. The number of nitriles is 1. The van der Waals surface area contributed by atoms with E-state index in [2.05, 4.69) is 39.0 Å². The lowest BCUT2D eigenvalue weighted by atomic mass is 10.1. The Hall–Kier alpha value is -2.91. The lowest BCUT2D eigenvalue weighted by Crippen LogP contribution is -2.50. The van der Waals surface area contributed by atoms with Crippen LogP contribution in [0.2, 0.25) is 0 Å². The van der Waals surface area contributed by atoms with E-state index >= 15 is 0 Å². The van der Waals surface area contributed by atoms with E-state index in [1.807, 2.05) is 24.3 Å². The predicted molar refractivity (Wildman–Crippen MR) is 105 cm³/mol. The number of rotatable bonds is 3. The topological polar surface area (TPSA) is 69.8 Å². The first kappa shape index (κ1) is 16.3. The van der Waals surface area contributed by atoms with Crippen molar-refractivity contribution in [1.82, 2.24) is 19.9 Å². The molecule has 1 N–H and O–H groups in total. The van der Waals surface area contributed by atoms with Crippen LogP contribution in [0.4, 0.5) is 5.82 Å². The molecule has 1 unspecified atom stereocenters. The smallest absolute Gasteiger partial charge is 0.150 e. The first-order valence-electron chi connectivity index (χ1n) is 9.60. The minimum atomic E-state index is 0.397. The highest BCUT2D eigenvalue weighted by molar-refractivity contribution is 5.93. The second-order valence-corrected chi connectivity index (χ2v) is 7.53. The summed E-state index contributed by atoms with van der Waals surface area (Å²) in [6.45, 7) is 5.13. The summed E-state index contributed by atoms with van der Waals surface area (Å²) in [5.41, 5.74) is 3.91. The molecule has 136 valence electrons. The van der Waals surface area contributed by atoms with Crippen LogP contribution in [0.3, 0.4) is 0 Å². The Morgan fingerprint density at radius 2 is 2.15 bits per heavy atom. The van der Waals surface area contributed by atoms with Crippen LogP contribution >= 0.6 is 0 Å². The fraction of sp³-hybridized carbons (Fsp3) is 0.381. The first-order valence-corrected chi connectivity index (χ1v) is 9.60. The van der Waals surface area contributed by atoms with Crippen molar-refractivity contribution in [2.45, 2.75) is 31.7 Å². The standard InChI is InChI=1S/C21H22N6/c1-14-11-23-7-8-26(14)20-19-18(16-5-6-16)12-27(21(19)25-13-24-20)17-4-2-3-15(9-17)10-22/h2-4,9,12-14,16,23H,5-8,11H2,1H3. The zero-order chi connectivity index (χ0) is 18.4. The Balaban J connectivity index is 1.72. The van der Waals surface area contributed by atoms with Gasteiger partial charge in [0.25, 0.3) is 0 Å². The van der Waals surface area contributed by atoms with Gasteiger partial charge in [-0.1, -0.05) is 6.07 Å². The molecule has 2 aromatic heterocycles. The molecule has 27 heavy (non-hydrogen) atoms. The maximum atomic E-state index is 9.27. The van der Waals surface area contributed by atoms with Gasteiger partial charge in [-0.2, -0.15) is 5.26 Å². The van der Waals surface area contributed by atoms with Gasteiger partial charge in [-0.3, -0.25) is 0 Å². The quantitative estimate of drug-likeness (QED) is 0.779. The molecule has 1 atom stereocenters. The number of hydrogen-bond acceptors (Lipinski definition) is 5. The van der Waals surface area contributed by atoms with E-state index < -0.39 is 0 Å². The second-order valence-electron chi connectivity index (χ2n) is 7.53. The van der Waals surface area contributed by atoms with E-state index in [0.717, 1.165) is 36.8 Å². The van der Waals surface area contributed by atoms with Gasteiger partial charge in [0.05, 0.1) is 17.0 Å². The monoisotopic (exact) mass is 358 g/mol. The van der Waals surface area contributed by atoms with Crippen LogP contribution in [0.15, 0.2) is 36.8 Å². The summed E-state index contributed by atoms with van der Waals surface area (Å²) in [5, 5.41) is 13.9. The van der Waals surface area contributed by atoms with Crippen molar-refractivity contribution in [3.05, 3.63) is 47.9 Å². The van der Waals surface area contributed by atoms with E-state index in [9.17, 15) is 5.26 Å². The third kappa shape index (κ3) is 2.75. The van der Waals surface area contributed by atoms with E-state index in [1.165, 1.54) is 23.8 Å². The first-order chi connectivity index (χ1) is 13.3. The molecule has 0 amide bonds. The van der Waals surface area contributed by atoms with Crippen molar-refractivity contribution in [1.29, 1.82) is 5.26 Å². The Morgan fingerprint density at radius 1 is 1.26 bits per heavy atom. The lowest BCUT2D eigenvalue weighted by molar-refractivity contribution is 0.498. The average molecular weight is 358 g/mol. The molecule has 3 aromatic rings. The molecule has 1 saturated heterocycles. The molecule has 3 heterocycles. The molecular formula is C21H22N6. The number of fused-ring (bicyclic) bond motifs is 1. The van der Waals surface area contributed by atoms with Gasteiger partial charge >= 0.3 is 0 Å². The van der Waals surface area contributed by atoms with Crippen molar-refractivity contribution in [2.75, 3.05) is 24.5 Å². The summed E-state index contributed by atoms with van der Waals surface area (Å²) in [6.07, 6.45) is 6.34. The summed E-state index contributed by atoms with van der Waals surface area (Å²) in [6, 6.07) is 10.3. The fourth-order valence-electron chi connectivity index (χ4n) is 4.07. The van der Waals surface area contributed by atoms with Gasteiger partial charge in [0.2, 0.25) is 0 Å². The Kier molecular flexibility index (Phi) is 3.83. The number of aromatic nitrogens is 3. The third-order valence-corrected chi connectivity index (χ3v) is 5.64. The molecule has 0 radical (unpaired) electrons. The SMILES string of the molecule is CC1CNCCN1c1ncnc2c1c(C1CC1)cn2-c1cccc(C#N)c1. The molecule has 6 nitrogen and oxygen atoms in total. The van der Waals surface area contributed by atoms with Crippen molar-refractivity contribution in [3.8, 4) is 11.8 Å². The van der Waals surface area contributed by atoms with Crippen LogP contribution in [0, 0.1) is 11.3 Å². The molecule has 5 rings (SSSR count). The van der Waals surface area contributed by atoms with Crippen LogP contribution in [0.5, 0.6) is 0 Å². The zero-order valence-corrected chi connectivity index (χ0v) is 15.4. The summed E-state index contributed by atoms with van der Waals surface area (Å²) in [5.74, 6) is 1.64. The van der Waals surface area contributed by atoms with E-state index in [4.69, 9.17) is 4.98 Å². The minimum absolute atomic E-state index is 0.397. The predicted octanol–water partition coefficient (Wildman–Crippen LogP) is 2.97. The molecule has 0 bridgehead atoms. The van der Waals surface area contributed by atoms with E-state index in [0.29, 0.717) is 17.5 Å². The van der Waals surface area contributed by atoms with Crippen molar-refractivity contribution >= 4 is 16.9 Å². The van der Waals surface area contributed by atoms with E-state index in [1.54, 1.807) is 6.33 Å². The molecular weight excluding hydrogens is 336 g/mol. The molecule has 0 spiro atoms. The summed E-state index contributed by atoms with van der Waals surface area (Å²) in [4.78, 5) is 11.8.